The highest BCUT2D eigenvalue weighted by molar-refractivity contribution is 7.01. The van der Waals surface area contributed by atoms with Crippen LogP contribution in [0.25, 0.3) is 0 Å². The molecule has 0 radical (unpaired) electrons. The minimum Gasteiger partial charge on any atom is -0.0843 e. The molecule has 1 aromatic rings. The van der Waals surface area contributed by atoms with Gasteiger partial charge >= 0.3 is 0 Å². The second-order valence-corrected chi connectivity index (χ2v) is 17.4. The summed E-state index contributed by atoms with van der Waals surface area (Å²) in [4.78, 5) is 0. The largest absolute Gasteiger partial charge is 0.0843 e. The summed E-state index contributed by atoms with van der Waals surface area (Å²) in [6.45, 7) is 12.3. The SMILES string of the molecule is C[Si](C)(C)C[Si](C)(C)c1ccc(Cl)cc1. The fraction of sp³-hybridized carbons (Fsp3) is 0.500. The van der Waals surface area contributed by atoms with Gasteiger partial charge in [0, 0.05) is 13.1 Å². The van der Waals surface area contributed by atoms with Crippen LogP contribution in [0.3, 0.4) is 0 Å². The molecule has 0 aliphatic rings. The Kier molecular flexibility index (Phi) is 3.85. The van der Waals surface area contributed by atoms with Crippen LogP contribution in [0.1, 0.15) is 0 Å². The van der Waals surface area contributed by atoms with E-state index in [4.69, 9.17) is 11.6 Å². The van der Waals surface area contributed by atoms with Crippen LogP contribution in [-0.2, 0) is 0 Å². The molecule has 0 nitrogen and oxygen atoms in total. The molecular weight excluding hydrogens is 236 g/mol. The molecule has 0 N–H and O–H groups in total. The van der Waals surface area contributed by atoms with Crippen molar-refractivity contribution in [3.8, 4) is 0 Å². The molecule has 0 amide bonds. The van der Waals surface area contributed by atoms with E-state index in [1.807, 2.05) is 12.1 Å². The summed E-state index contributed by atoms with van der Waals surface area (Å²) in [5, 5.41) is 2.38. The number of hydrogen-bond donors (Lipinski definition) is 0. The van der Waals surface area contributed by atoms with Gasteiger partial charge in [-0.3, -0.25) is 0 Å². The molecule has 3 heteroatoms. The fourth-order valence-corrected chi connectivity index (χ4v) is 14.9. The van der Waals surface area contributed by atoms with E-state index >= 15 is 0 Å². The van der Waals surface area contributed by atoms with Crippen molar-refractivity contribution in [2.45, 2.75) is 38.4 Å². The van der Waals surface area contributed by atoms with Crippen LogP contribution in [0.5, 0.6) is 0 Å². The van der Waals surface area contributed by atoms with E-state index in [1.165, 1.54) is 10.9 Å². The van der Waals surface area contributed by atoms with E-state index in [0.29, 0.717) is 0 Å². The highest BCUT2D eigenvalue weighted by Gasteiger charge is 2.30. The smallest absolute Gasteiger partial charge is 0.0780 e. The quantitative estimate of drug-likeness (QED) is 0.714. The Morgan fingerprint density at radius 2 is 1.40 bits per heavy atom. The van der Waals surface area contributed by atoms with Gasteiger partial charge in [0.2, 0.25) is 0 Å². The summed E-state index contributed by atoms with van der Waals surface area (Å²) in [7, 11) is -2.19. The van der Waals surface area contributed by atoms with Gasteiger partial charge in [0.25, 0.3) is 0 Å². The van der Waals surface area contributed by atoms with Crippen molar-refractivity contribution in [2.24, 2.45) is 0 Å². The Morgan fingerprint density at radius 3 is 1.80 bits per heavy atom. The van der Waals surface area contributed by atoms with E-state index in [2.05, 4.69) is 44.9 Å². The molecule has 0 aliphatic heterocycles. The minimum atomic E-state index is -1.23. The first-order chi connectivity index (χ1) is 6.71. The van der Waals surface area contributed by atoms with Gasteiger partial charge in [-0.2, -0.15) is 0 Å². The van der Waals surface area contributed by atoms with Crippen LogP contribution < -0.4 is 5.19 Å². The van der Waals surface area contributed by atoms with Crippen molar-refractivity contribution in [3.05, 3.63) is 29.3 Å². The minimum absolute atomic E-state index is 0.844. The maximum absolute atomic E-state index is 5.92. The van der Waals surface area contributed by atoms with Crippen molar-refractivity contribution in [1.82, 2.24) is 0 Å². The number of benzene rings is 1. The third-order valence-electron chi connectivity index (χ3n) is 2.60. The standard InChI is InChI=1S/C12H21ClSi2/c1-14(2,3)10-15(4,5)12-8-6-11(13)7-9-12/h6-9H,10H2,1-5H3. The zero-order valence-electron chi connectivity index (χ0n) is 10.4. The van der Waals surface area contributed by atoms with Gasteiger partial charge in [0.05, 0.1) is 8.07 Å². The average Bonchev–Trinajstić information content (AvgIpc) is 2.00. The molecular formula is C12H21ClSi2. The Balaban J connectivity index is 2.90. The molecule has 0 spiro atoms. The highest BCUT2D eigenvalue weighted by Crippen LogP contribution is 2.20. The molecule has 0 aliphatic carbocycles. The first kappa shape index (κ1) is 13.0. The Morgan fingerprint density at radius 1 is 0.933 bits per heavy atom. The number of halogens is 1. The molecule has 1 rings (SSSR count). The molecule has 84 valence electrons. The van der Waals surface area contributed by atoms with Crippen LogP contribution in [0.15, 0.2) is 24.3 Å². The third-order valence-corrected chi connectivity index (χ3v) is 12.5. The summed E-state index contributed by atoms with van der Waals surface area (Å²) in [6, 6.07) is 8.48. The van der Waals surface area contributed by atoms with Gasteiger partial charge in [0.1, 0.15) is 0 Å². The van der Waals surface area contributed by atoms with E-state index in [1.54, 1.807) is 0 Å². The molecule has 1 aromatic carbocycles. The lowest BCUT2D eigenvalue weighted by Crippen LogP contribution is -2.47. The monoisotopic (exact) mass is 256 g/mol. The summed E-state index contributed by atoms with van der Waals surface area (Å²) in [5.74, 6) is 0. The normalized spacial score (nSPS) is 12.9. The lowest BCUT2D eigenvalue weighted by Gasteiger charge is -2.30. The van der Waals surface area contributed by atoms with Gasteiger partial charge in [0.15, 0.2) is 0 Å². The van der Waals surface area contributed by atoms with Crippen molar-refractivity contribution >= 4 is 32.9 Å². The highest BCUT2D eigenvalue weighted by atomic mass is 35.5. The zero-order chi connectivity index (χ0) is 11.7. The van der Waals surface area contributed by atoms with Gasteiger partial charge in [-0.1, -0.05) is 67.3 Å². The van der Waals surface area contributed by atoms with Crippen LogP contribution in [0.4, 0.5) is 0 Å². The van der Waals surface area contributed by atoms with Crippen LogP contribution >= 0.6 is 11.6 Å². The summed E-state index contributed by atoms with van der Waals surface area (Å²) >= 11 is 5.92. The van der Waals surface area contributed by atoms with Crippen LogP contribution in [0.2, 0.25) is 43.4 Å². The van der Waals surface area contributed by atoms with Gasteiger partial charge < -0.3 is 0 Å². The lowest BCUT2D eigenvalue weighted by atomic mass is 10.4. The molecule has 0 aromatic heterocycles. The second-order valence-electron chi connectivity index (χ2n) is 6.13. The van der Waals surface area contributed by atoms with E-state index in [0.717, 1.165) is 5.02 Å². The van der Waals surface area contributed by atoms with Crippen molar-refractivity contribution < 1.29 is 0 Å². The van der Waals surface area contributed by atoms with Gasteiger partial charge in [-0.05, 0) is 12.1 Å². The summed E-state index contributed by atoms with van der Waals surface area (Å²) < 4.78 is 0. The molecule has 0 heterocycles. The predicted molar refractivity (Wildman–Crippen MR) is 76.7 cm³/mol. The Bertz CT molecular complexity index is 322. The van der Waals surface area contributed by atoms with Crippen molar-refractivity contribution in [1.29, 1.82) is 0 Å². The third kappa shape index (κ3) is 4.13. The van der Waals surface area contributed by atoms with Crippen molar-refractivity contribution in [2.75, 3.05) is 0 Å². The zero-order valence-corrected chi connectivity index (χ0v) is 13.2. The average molecular weight is 257 g/mol. The van der Waals surface area contributed by atoms with E-state index in [-0.39, 0.29) is 0 Å². The molecule has 15 heavy (non-hydrogen) atoms. The maximum Gasteiger partial charge on any atom is 0.0780 e. The summed E-state index contributed by atoms with van der Waals surface area (Å²) in [6.07, 6.45) is 0. The molecule has 0 fully saturated rings. The van der Waals surface area contributed by atoms with E-state index in [9.17, 15) is 0 Å². The Hall–Kier alpha value is -0.0562. The van der Waals surface area contributed by atoms with Gasteiger partial charge in [-0.25, -0.2) is 0 Å². The first-order valence-corrected chi connectivity index (χ1v) is 12.8. The molecule has 0 bridgehead atoms. The number of hydrogen-bond acceptors (Lipinski definition) is 0. The molecule has 0 saturated carbocycles. The lowest BCUT2D eigenvalue weighted by molar-refractivity contribution is 1.53. The number of rotatable bonds is 3. The molecule has 0 saturated heterocycles. The predicted octanol–water partition coefficient (Wildman–Crippen LogP) is 4.13. The van der Waals surface area contributed by atoms with Crippen LogP contribution in [-0.4, -0.2) is 16.1 Å². The Labute approximate surface area is 101 Å². The second kappa shape index (κ2) is 4.44. The summed E-state index contributed by atoms with van der Waals surface area (Å²) in [5.41, 5.74) is 1.45. The van der Waals surface area contributed by atoms with Gasteiger partial charge in [-0.15, -0.1) is 0 Å². The van der Waals surface area contributed by atoms with Crippen LogP contribution in [0, 0.1) is 0 Å². The molecule has 0 atom stereocenters. The first-order valence-electron chi connectivity index (χ1n) is 5.47. The molecule has 0 unspecified atom stereocenters. The van der Waals surface area contributed by atoms with E-state index < -0.39 is 16.1 Å². The topological polar surface area (TPSA) is 0 Å². The maximum atomic E-state index is 5.92. The van der Waals surface area contributed by atoms with Crippen molar-refractivity contribution in [3.63, 3.8) is 0 Å². The fourth-order valence-electron chi connectivity index (χ4n) is 2.33.